The summed E-state index contributed by atoms with van der Waals surface area (Å²) >= 11 is 0. The van der Waals surface area contributed by atoms with Crippen LogP contribution in [-0.4, -0.2) is 26.0 Å². The Morgan fingerprint density at radius 1 is 1.14 bits per heavy atom. The molecule has 3 N–H and O–H groups in total. The summed E-state index contributed by atoms with van der Waals surface area (Å²) in [5.74, 6) is -0.298. The van der Waals surface area contributed by atoms with Gasteiger partial charge in [-0.2, -0.15) is 13.2 Å². The SMILES string of the molecule is CC(=O)Nc1ccc(S(=O)(=O)NC[C@@H](O)c2ccc(C(F)(F)F)cc2)c(C)c1. The summed E-state index contributed by atoms with van der Waals surface area (Å²) in [4.78, 5) is 11.0. The smallest absolute Gasteiger partial charge is 0.387 e. The minimum Gasteiger partial charge on any atom is -0.387 e. The summed E-state index contributed by atoms with van der Waals surface area (Å²) < 4.78 is 64.8. The number of aliphatic hydroxyl groups is 1. The lowest BCUT2D eigenvalue weighted by Gasteiger charge is -2.15. The van der Waals surface area contributed by atoms with Crippen molar-refractivity contribution in [2.45, 2.75) is 31.0 Å². The van der Waals surface area contributed by atoms with Crippen LogP contribution in [0.5, 0.6) is 0 Å². The monoisotopic (exact) mass is 416 g/mol. The summed E-state index contributed by atoms with van der Waals surface area (Å²) in [7, 11) is -3.97. The number of anilines is 1. The lowest BCUT2D eigenvalue weighted by atomic mass is 10.1. The predicted molar refractivity (Wildman–Crippen MR) is 97.1 cm³/mol. The number of alkyl halides is 3. The molecule has 0 bridgehead atoms. The maximum atomic E-state index is 12.6. The standard InChI is InChI=1S/C18H19F3N2O4S/c1-11-9-15(23-12(2)24)7-8-17(11)28(26,27)22-10-16(25)13-3-5-14(6-4-13)18(19,20)21/h3-9,16,22,25H,10H2,1-2H3,(H,23,24)/t16-/m1/s1. The van der Waals surface area contributed by atoms with Crippen molar-refractivity contribution >= 4 is 21.6 Å². The van der Waals surface area contributed by atoms with Gasteiger partial charge < -0.3 is 10.4 Å². The van der Waals surface area contributed by atoms with Gasteiger partial charge in [0.1, 0.15) is 0 Å². The third-order valence-corrected chi connectivity index (χ3v) is 5.46. The van der Waals surface area contributed by atoms with Crippen LogP contribution in [0.4, 0.5) is 18.9 Å². The van der Waals surface area contributed by atoms with Crippen molar-refractivity contribution in [3.05, 3.63) is 59.2 Å². The normalized spacial score (nSPS) is 13.2. The largest absolute Gasteiger partial charge is 0.416 e. The summed E-state index contributed by atoms with van der Waals surface area (Å²) in [5.41, 5.74) is 0.101. The second kappa shape index (κ2) is 8.29. The van der Waals surface area contributed by atoms with Crippen molar-refractivity contribution in [2.75, 3.05) is 11.9 Å². The van der Waals surface area contributed by atoms with Gasteiger partial charge in [-0.25, -0.2) is 13.1 Å². The van der Waals surface area contributed by atoms with E-state index in [-0.39, 0.29) is 16.4 Å². The number of sulfonamides is 1. The van der Waals surface area contributed by atoms with Gasteiger partial charge in [0, 0.05) is 19.2 Å². The molecule has 0 fully saturated rings. The van der Waals surface area contributed by atoms with E-state index in [4.69, 9.17) is 0 Å². The van der Waals surface area contributed by atoms with Gasteiger partial charge in [0.25, 0.3) is 0 Å². The molecule has 2 aromatic carbocycles. The van der Waals surface area contributed by atoms with E-state index in [1.165, 1.54) is 25.1 Å². The quantitative estimate of drug-likeness (QED) is 0.675. The molecule has 6 nitrogen and oxygen atoms in total. The molecule has 0 aliphatic rings. The number of carbonyl (C=O) groups excluding carboxylic acids is 1. The number of aliphatic hydroxyl groups excluding tert-OH is 1. The molecule has 0 aliphatic heterocycles. The Balaban J connectivity index is 2.09. The maximum absolute atomic E-state index is 12.6. The molecule has 2 aromatic rings. The average Bonchev–Trinajstić information content (AvgIpc) is 2.58. The highest BCUT2D eigenvalue weighted by Gasteiger charge is 2.30. The van der Waals surface area contributed by atoms with Crippen LogP contribution < -0.4 is 10.0 Å². The van der Waals surface area contributed by atoms with Gasteiger partial charge in [-0.15, -0.1) is 0 Å². The number of amides is 1. The summed E-state index contributed by atoms with van der Waals surface area (Å²) in [5, 5.41) is 12.6. The van der Waals surface area contributed by atoms with Crippen LogP contribution in [0, 0.1) is 6.92 Å². The molecule has 0 spiro atoms. The molecule has 0 radical (unpaired) electrons. The molecule has 0 aliphatic carbocycles. The Bertz CT molecular complexity index is 958. The molecule has 10 heteroatoms. The third kappa shape index (κ3) is 5.54. The van der Waals surface area contributed by atoms with Crippen LogP contribution in [-0.2, 0) is 21.0 Å². The molecule has 0 saturated heterocycles. The van der Waals surface area contributed by atoms with E-state index in [0.29, 0.717) is 11.3 Å². The van der Waals surface area contributed by atoms with Gasteiger partial charge in [0.15, 0.2) is 0 Å². The summed E-state index contributed by atoms with van der Waals surface area (Å²) in [6, 6.07) is 8.05. The van der Waals surface area contributed by atoms with E-state index in [1.807, 2.05) is 0 Å². The van der Waals surface area contributed by atoms with Crippen LogP contribution in [0.15, 0.2) is 47.4 Å². The summed E-state index contributed by atoms with van der Waals surface area (Å²) in [6.45, 7) is 2.46. The minimum atomic E-state index is -4.49. The first kappa shape index (κ1) is 21.9. The Kier molecular flexibility index (Phi) is 6.48. The third-order valence-electron chi connectivity index (χ3n) is 3.87. The fourth-order valence-electron chi connectivity index (χ4n) is 2.51. The first-order chi connectivity index (χ1) is 12.9. The van der Waals surface area contributed by atoms with Crippen LogP contribution in [0.2, 0.25) is 0 Å². The lowest BCUT2D eigenvalue weighted by molar-refractivity contribution is -0.137. The number of benzene rings is 2. The zero-order chi connectivity index (χ0) is 21.1. The minimum absolute atomic E-state index is 0.0405. The van der Waals surface area contributed by atoms with Gasteiger partial charge in [0.2, 0.25) is 15.9 Å². The molecule has 1 atom stereocenters. The number of hydrogen-bond donors (Lipinski definition) is 3. The van der Waals surface area contributed by atoms with E-state index in [0.717, 1.165) is 24.3 Å². The highest BCUT2D eigenvalue weighted by Crippen LogP contribution is 2.30. The molecule has 152 valence electrons. The predicted octanol–water partition coefficient (Wildman–Crippen LogP) is 2.98. The van der Waals surface area contributed by atoms with Crippen LogP contribution >= 0.6 is 0 Å². The zero-order valence-electron chi connectivity index (χ0n) is 15.0. The van der Waals surface area contributed by atoms with E-state index in [2.05, 4.69) is 10.0 Å². The topological polar surface area (TPSA) is 95.5 Å². The highest BCUT2D eigenvalue weighted by molar-refractivity contribution is 7.89. The van der Waals surface area contributed by atoms with Crippen LogP contribution in [0.3, 0.4) is 0 Å². The van der Waals surface area contributed by atoms with E-state index in [9.17, 15) is 31.5 Å². The Hall–Kier alpha value is -2.43. The van der Waals surface area contributed by atoms with Crippen molar-refractivity contribution in [1.29, 1.82) is 0 Å². The molecular formula is C18H19F3N2O4S. The number of nitrogens with one attached hydrogen (secondary N) is 2. The maximum Gasteiger partial charge on any atom is 0.416 e. The highest BCUT2D eigenvalue weighted by atomic mass is 32.2. The van der Waals surface area contributed by atoms with Crippen molar-refractivity contribution in [1.82, 2.24) is 4.72 Å². The van der Waals surface area contributed by atoms with Crippen LogP contribution in [0.1, 0.15) is 29.7 Å². The summed E-state index contributed by atoms with van der Waals surface area (Å²) in [6.07, 6.45) is -5.82. The molecule has 0 saturated carbocycles. The van der Waals surface area contributed by atoms with E-state index >= 15 is 0 Å². The first-order valence-electron chi connectivity index (χ1n) is 8.13. The Morgan fingerprint density at radius 3 is 2.25 bits per heavy atom. The average molecular weight is 416 g/mol. The molecule has 0 aromatic heterocycles. The molecule has 1 amide bonds. The number of halogens is 3. The Labute approximate surface area is 160 Å². The van der Waals surface area contributed by atoms with E-state index < -0.39 is 34.4 Å². The van der Waals surface area contributed by atoms with Gasteiger partial charge in [-0.05, 0) is 48.4 Å². The number of hydrogen-bond acceptors (Lipinski definition) is 4. The molecule has 2 rings (SSSR count). The van der Waals surface area contributed by atoms with Gasteiger partial charge in [0.05, 0.1) is 16.6 Å². The van der Waals surface area contributed by atoms with Crippen molar-refractivity contribution < 1.29 is 31.5 Å². The first-order valence-corrected chi connectivity index (χ1v) is 9.61. The molecule has 0 heterocycles. The lowest BCUT2D eigenvalue weighted by Crippen LogP contribution is -2.29. The zero-order valence-corrected chi connectivity index (χ0v) is 15.9. The second-order valence-corrected chi connectivity index (χ2v) is 7.88. The van der Waals surface area contributed by atoms with Crippen molar-refractivity contribution in [2.24, 2.45) is 0 Å². The number of carbonyl (C=O) groups is 1. The van der Waals surface area contributed by atoms with Gasteiger partial charge in [-0.3, -0.25) is 4.79 Å². The Morgan fingerprint density at radius 2 is 1.75 bits per heavy atom. The van der Waals surface area contributed by atoms with Gasteiger partial charge in [-0.1, -0.05) is 12.1 Å². The van der Waals surface area contributed by atoms with Crippen molar-refractivity contribution in [3.8, 4) is 0 Å². The second-order valence-electron chi connectivity index (χ2n) is 6.15. The van der Waals surface area contributed by atoms with E-state index in [1.54, 1.807) is 6.92 Å². The van der Waals surface area contributed by atoms with Gasteiger partial charge >= 0.3 is 6.18 Å². The molecular weight excluding hydrogens is 397 g/mol. The number of aryl methyl sites for hydroxylation is 1. The van der Waals surface area contributed by atoms with Crippen LogP contribution in [0.25, 0.3) is 0 Å². The fraction of sp³-hybridized carbons (Fsp3) is 0.278. The molecule has 28 heavy (non-hydrogen) atoms. The molecule has 0 unspecified atom stereocenters. The number of rotatable bonds is 6. The van der Waals surface area contributed by atoms with Crippen molar-refractivity contribution in [3.63, 3.8) is 0 Å². The fourth-order valence-corrected chi connectivity index (χ4v) is 3.77.